The van der Waals surface area contributed by atoms with Gasteiger partial charge in [0, 0.05) is 30.8 Å². The van der Waals surface area contributed by atoms with Crippen molar-refractivity contribution in [1.82, 2.24) is 4.90 Å². The fraction of sp³-hybridized carbons (Fsp3) is 0.321. The van der Waals surface area contributed by atoms with Crippen LogP contribution in [0.1, 0.15) is 41.1 Å². The van der Waals surface area contributed by atoms with E-state index in [4.69, 9.17) is 44.3 Å². The minimum Gasteiger partial charge on any atom is -0.392 e. The molecule has 196 valence electrons. The molecular weight excluding hydrogens is 535 g/mol. The summed E-state index contributed by atoms with van der Waals surface area (Å²) in [7, 11) is 2.08. The average molecular weight is 564 g/mol. The minimum absolute atomic E-state index is 0.00832. The van der Waals surface area contributed by atoms with Crippen molar-refractivity contribution in [2.45, 2.75) is 41.9 Å². The van der Waals surface area contributed by atoms with Gasteiger partial charge in [0.05, 0.1) is 18.8 Å². The predicted octanol–water partition coefficient (Wildman–Crippen LogP) is 6.17. The van der Waals surface area contributed by atoms with E-state index in [1.807, 2.05) is 54.6 Å². The number of rotatable bonds is 8. The molecule has 1 amide bonds. The van der Waals surface area contributed by atoms with Crippen molar-refractivity contribution in [3.63, 3.8) is 0 Å². The molecule has 3 atom stereocenters. The summed E-state index contributed by atoms with van der Waals surface area (Å²) < 4.78 is 10.7. The lowest BCUT2D eigenvalue weighted by Gasteiger charge is -2.38. The van der Waals surface area contributed by atoms with Gasteiger partial charge < -0.3 is 19.9 Å². The number of halogens is 3. The molecule has 4 rings (SSSR count). The molecule has 37 heavy (non-hydrogen) atoms. The number of anilines is 1. The van der Waals surface area contributed by atoms with Crippen LogP contribution in [-0.4, -0.2) is 39.4 Å². The summed E-state index contributed by atoms with van der Waals surface area (Å²) in [6.07, 6.45) is -0.195. The molecule has 1 saturated heterocycles. The van der Waals surface area contributed by atoms with Crippen LogP contribution >= 0.6 is 34.8 Å². The van der Waals surface area contributed by atoms with Crippen LogP contribution in [0.15, 0.2) is 78.9 Å². The van der Waals surface area contributed by atoms with Gasteiger partial charge in [-0.15, -0.1) is 0 Å². The normalized spacial score (nSPS) is 20.1. The van der Waals surface area contributed by atoms with Crippen LogP contribution in [0, 0.1) is 0 Å². The third-order valence-electron chi connectivity index (χ3n) is 6.12. The van der Waals surface area contributed by atoms with Crippen LogP contribution in [-0.2, 0) is 27.4 Å². The van der Waals surface area contributed by atoms with Crippen LogP contribution in [0.2, 0.25) is 0 Å². The van der Waals surface area contributed by atoms with Gasteiger partial charge in [-0.1, -0.05) is 102 Å². The molecule has 1 fully saturated rings. The Hall–Kier alpha value is -2.16. The molecule has 3 aromatic carbocycles. The van der Waals surface area contributed by atoms with Crippen molar-refractivity contribution in [3.05, 3.63) is 101 Å². The Balaban J connectivity index is 1.50. The van der Waals surface area contributed by atoms with Gasteiger partial charge in [-0.05, 0) is 35.9 Å². The monoisotopic (exact) mass is 562 g/mol. The van der Waals surface area contributed by atoms with E-state index in [1.54, 1.807) is 12.1 Å². The van der Waals surface area contributed by atoms with Crippen LogP contribution < -0.4 is 5.32 Å². The molecule has 1 aliphatic rings. The number of hydrogen-bond donors (Lipinski definition) is 2. The fourth-order valence-corrected chi connectivity index (χ4v) is 4.41. The first-order valence-electron chi connectivity index (χ1n) is 11.9. The summed E-state index contributed by atoms with van der Waals surface area (Å²) in [4.78, 5) is 14.2. The highest BCUT2D eigenvalue weighted by Crippen LogP contribution is 2.38. The summed E-state index contributed by atoms with van der Waals surface area (Å²) in [6.45, 7) is 1.52. The molecule has 0 radical (unpaired) electrons. The predicted molar refractivity (Wildman–Crippen MR) is 147 cm³/mol. The highest BCUT2D eigenvalue weighted by atomic mass is 35.6. The standard InChI is InChI=1S/C28H29Cl3N2O4/c1-33(16-19-5-3-2-4-6-19)17-24-15-25(21-9-7-20(18-34)8-10-21)37-26(36-24)22-11-13-23(14-12-22)32-27(35)28(29,30)31/h2-14,24-26,34H,15-18H2,1H3,(H,32,35). The smallest absolute Gasteiger partial charge is 0.276 e. The third-order valence-corrected chi connectivity index (χ3v) is 6.64. The Morgan fingerprint density at radius 1 is 0.946 bits per heavy atom. The topological polar surface area (TPSA) is 71.0 Å². The van der Waals surface area contributed by atoms with E-state index in [-0.39, 0.29) is 18.8 Å². The van der Waals surface area contributed by atoms with E-state index in [0.29, 0.717) is 12.1 Å². The number of ether oxygens (including phenoxy) is 2. The van der Waals surface area contributed by atoms with Crippen molar-refractivity contribution in [1.29, 1.82) is 0 Å². The maximum Gasteiger partial charge on any atom is 0.276 e. The van der Waals surface area contributed by atoms with E-state index in [0.717, 1.165) is 29.8 Å². The number of alkyl halides is 3. The SMILES string of the molecule is CN(Cc1ccccc1)CC1CC(c2ccc(CO)cc2)OC(c2ccc(NC(=O)C(Cl)(Cl)Cl)cc2)O1. The first-order chi connectivity index (χ1) is 17.7. The lowest BCUT2D eigenvalue weighted by Crippen LogP contribution is -2.37. The van der Waals surface area contributed by atoms with Gasteiger partial charge in [0.1, 0.15) is 0 Å². The zero-order valence-corrected chi connectivity index (χ0v) is 22.6. The second kappa shape index (κ2) is 12.6. The molecule has 3 unspecified atom stereocenters. The average Bonchev–Trinajstić information content (AvgIpc) is 2.89. The number of nitrogens with one attached hydrogen (secondary N) is 1. The number of aliphatic hydroxyl groups excluding tert-OH is 1. The Kier molecular flexibility index (Phi) is 9.48. The van der Waals surface area contributed by atoms with Gasteiger partial charge in [-0.25, -0.2) is 0 Å². The van der Waals surface area contributed by atoms with Crippen molar-refractivity contribution < 1.29 is 19.4 Å². The summed E-state index contributed by atoms with van der Waals surface area (Å²) in [5, 5.41) is 12.0. The first kappa shape index (κ1) is 27.9. The molecule has 3 aromatic rings. The second-order valence-corrected chi connectivity index (χ2v) is 11.4. The number of hydrogen-bond acceptors (Lipinski definition) is 5. The maximum atomic E-state index is 12.0. The molecule has 1 aliphatic heterocycles. The number of carbonyl (C=O) groups is 1. The van der Waals surface area contributed by atoms with E-state index < -0.39 is 16.0 Å². The molecular formula is C28H29Cl3N2O4. The largest absolute Gasteiger partial charge is 0.392 e. The van der Waals surface area contributed by atoms with Crippen LogP contribution in [0.3, 0.4) is 0 Å². The number of likely N-dealkylation sites (N-methyl/N-ethyl adjacent to an activating group) is 1. The van der Waals surface area contributed by atoms with Crippen LogP contribution in [0.5, 0.6) is 0 Å². The molecule has 0 aromatic heterocycles. The maximum absolute atomic E-state index is 12.0. The number of carbonyl (C=O) groups excluding carboxylic acids is 1. The Morgan fingerprint density at radius 2 is 1.59 bits per heavy atom. The molecule has 1 heterocycles. The number of benzene rings is 3. The quantitative estimate of drug-likeness (QED) is 0.321. The van der Waals surface area contributed by atoms with Crippen LogP contribution in [0.4, 0.5) is 5.69 Å². The van der Waals surface area contributed by atoms with Gasteiger partial charge in [0.2, 0.25) is 0 Å². The van der Waals surface area contributed by atoms with Crippen molar-refractivity contribution in [2.24, 2.45) is 0 Å². The van der Waals surface area contributed by atoms with Crippen LogP contribution in [0.25, 0.3) is 0 Å². The van der Waals surface area contributed by atoms with Gasteiger partial charge >= 0.3 is 0 Å². The molecule has 9 heteroatoms. The molecule has 0 spiro atoms. The molecule has 6 nitrogen and oxygen atoms in total. The van der Waals surface area contributed by atoms with Gasteiger partial charge in [-0.3, -0.25) is 9.69 Å². The lowest BCUT2D eigenvalue weighted by atomic mass is 9.99. The van der Waals surface area contributed by atoms with E-state index >= 15 is 0 Å². The highest BCUT2D eigenvalue weighted by molar-refractivity contribution is 6.76. The zero-order valence-electron chi connectivity index (χ0n) is 20.3. The van der Waals surface area contributed by atoms with Gasteiger partial charge in [0.15, 0.2) is 6.29 Å². The van der Waals surface area contributed by atoms with Crippen molar-refractivity contribution in [3.8, 4) is 0 Å². The Morgan fingerprint density at radius 3 is 2.22 bits per heavy atom. The van der Waals surface area contributed by atoms with Gasteiger partial charge in [0.25, 0.3) is 9.70 Å². The fourth-order valence-electron chi connectivity index (χ4n) is 4.27. The molecule has 2 N–H and O–H groups in total. The number of nitrogens with zero attached hydrogens (tertiary/aromatic N) is 1. The number of amides is 1. The van der Waals surface area contributed by atoms with E-state index in [9.17, 15) is 9.90 Å². The highest BCUT2D eigenvalue weighted by Gasteiger charge is 2.33. The zero-order chi connectivity index (χ0) is 26.4. The first-order valence-corrected chi connectivity index (χ1v) is 13.1. The minimum atomic E-state index is -2.05. The van der Waals surface area contributed by atoms with E-state index in [2.05, 4.69) is 29.4 Å². The van der Waals surface area contributed by atoms with Crippen molar-refractivity contribution in [2.75, 3.05) is 18.9 Å². The molecule has 0 aliphatic carbocycles. The second-order valence-electron chi connectivity index (χ2n) is 9.11. The van der Waals surface area contributed by atoms with Crippen molar-refractivity contribution >= 4 is 46.4 Å². The summed E-state index contributed by atoms with van der Waals surface area (Å²) in [6, 6.07) is 25.2. The summed E-state index contributed by atoms with van der Waals surface area (Å²) in [5.74, 6) is -0.733. The Labute approximate surface area is 232 Å². The Bertz CT molecular complexity index is 1150. The van der Waals surface area contributed by atoms with Gasteiger partial charge in [-0.2, -0.15) is 0 Å². The summed E-state index contributed by atoms with van der Waals surface area (Å²) in [5.41, 5.74) is 4.40. The van der Waals surface area contributed by atoms with E-state index in [1.165, 1.54) is 5.56 Å². The lowest BCUT2D eigenvalue weighted by molar-refractivity contribution is -0.252. The summed E-state index contributed by atoms with van der Waals surface area (Å²) >= 11 is 16.9. The molecule has 0 saturated carbocycles. The number of aliphatic hydroxyl groups is 1. The third kappa shape index (κ3) is 7.91. The molecule has 0 bridgehead atoms.